The zero-order valence-corrected chi connectivity index (χ0v) is 10.8. The standard InChI is InChI=1S/C12H17F3N2O2/c1-6(2)8-11(19)17(5-12(13,14)15)9(7-3-4-7)10(18)16-8/h6-9H,3-5H2,1-2H3,(H,16,18). The van der Waals surface area contributed by atoms with Crippen LogP contribution in [-0.4, -0.2) is 41.5 Å². The largest absolute Gasteiger partial charge is 0.406 e. The molecule has 2 unspecified atom stereocenters. The molecule has 4 nitrogen and oxygen atoms in total. The van der Waals surface area contributed by atoms with Gasteiger partial charge in [-0.15, -0.1) is 0 Å². The molecule has 0 aromatic rings. The Bertz CT molecular complexity index is 391. The summed E-state index contributed by atoms with van der Waals surface area (Å²) in [6.45, 7) is 2.06. The van der Waals surface area contributed by atoms with Crippen LogP contribution in [0.1, 0.15) is 26.7 Å². The van der Waals surface area contributed by atoms with Crippen LogP contribution in [-0.2, 0) is 9.59 Å². The van der Waals surface area contributed by atoms with E-state index in [0.29, 0.717) is 12.8 Å². The van der Waals surface area contributed by atoms with Gasteiger partial charge in [-0.1, -0.05) is 13.8 Å². The van der Waals surface area contributed by atoms with Gasteiger partial charge in [0.25, 0.3) is 0 Å². The second-order valence-electron chi connectivity index (χ2n) is 5.59. The lowest BCUT2D eigenvalue weighted by Gasteiger charge is -2.40. The smallest absolute Gasteiger partial charge is 0.342 e. The summed E-state index contributed by atoms with van der Waals surface area (Å²) in [5.74, 6) is -1.43. The first-order valence-corrected chi connectivity index (χ1v) is 6.38. The van der Waals surface area contributed by atoms with Crippen molar-refractivity contribution < 1.29 is 22.8 Å². The lowest BCUT2D eigenvalue weighted by molar-refractivity contribution is -0.176. The maximum atomic E-state index is 12.6. The molecule has 7 heteroatoms. The normalized spacial score (nSPS) is 28.8. The van der Waals surface area contributed by atoms with Gasteiger partial charge in [0.1, 0.15) is 18.6 Å². The Hall–Kier alpha value is -1.27. The van der Waals surface area contributed by atoms with E-state index >= 15 is 0 Å². The molecular weight excluding hydrogens is 261 g/mol. The molecule has 1 heterocycles. The number of amides is 2. The Morgan fingerprint density at radius 2 is 1.89 bits per heavy atom. The van der Waals surface area contributed by atoms with Crippen molar-refractivity contribution in [2.24, 2.45) is 11.8 Å². The number of carbonyl (C=O) groups excluding carboxylic acids is 2. The van der Waals surface area contributed by atoms with E-state index in [9.17, 15) is 22.8 Å². The predicted molar refractivity (Wildman–Crippen MR) is 61.0 cm³/mol. The van der Waals surface area contributed by atoms with Gasteiger partial charge in [0.2, 0.25) is 11.8 Å². The minimum absolute atomic E-state index is 0.126. The van der Waals surface area contributed by atoms with Gasteiger partial charge in [0.05, 0.1) is 0 Å². The highest BCUT2D eigenvalue weighted by Gasteiger charge is 2.51. The van der Waals surface area contributed by atoms with Crippen molar-refractivity contribution in [1.82, 2.24) is 10.2 Å². The van der Waals surface area contributed by atoms with Crippen molar-refractivity contribution >= 4 is 11.8 Å². The SMILES string of the molecule is CC(C)C1NC(=O)C(C2CC2)N(CC(F)(F)F)C1=O. The van der Waals surface area contributed by atoms with E-state index in [0.717, 1.165) is 4.90 Å². The number of halogens is 3. The second-order valence-corrected chi connectivity index (χ2v) is 5.59. The average Bonchev–Trinajstić information content (AvgIpc) is 3.04. The van der Waals surface area contributed by atoms with E-state index in [4.69, 9.17) is 0 Å². The van der Waals surface area contributed by atoms with Crippen LogP contribution in [0.25, 0.3) is 0 Å². The summed E-state index contributed by atoms with van der Waals surface area (Å²) in [6.07, 6.45) is -3.08. The second kappa shape index (κ2) is 4.68. The summed E-state index contributed by atoms with van der Waals surface area (Å²) in [4.78, 5) is 24.8. The number of piperazine rings is 1. The van der Waals surface area contributed by atoms with Gasteiger partial charge < -0.3 is 10.2 Å². The van der Waals surface area contributed by atoms with E-state index in [1.807, 2.05) is 0 Å². The monoisotopic (exact) mass is 278 g/mol. The number of hydrogen-bond donors (Lipinski definition) is 1. The summed E-state index contributed by atoms with van der Waals surface area (Å²) >= 11 is 0. The third-order valence-corrected chi connectivity index (χ3v) is 3.54. The van der Waals surface area contributed by atoms with Crippen molar-refractivity contribution in [3.8, 4) is 0 Å². The van der Waals surface area contributed by atoms with E-state index in [1.165, 1.54) is 0 Å². The van der Waals surface area contributed by atoms with Gasteiger partial charge in [-0.05, 0) is 24.7 Å². The molecule has 0 aromatic heterocycles. The molecule has 1 aliphatic heterocycles. The van der Waals surface area contributed by atoms with Gasteiger partial charge in [-0.2, -0.15) is 13.2 Å². The number of nitrogens with zero attached hydrogens (tertiary/aromatic N) is 1. The van der Waals surface area contributed by atoms with E-state index in [1.54, 1.807) is 13.8 Å². The van der Waals surface area contributed by atoms with Crippen molar-refractivity contribution in [2.75, 3.05) is 6.54 Å². The maximum Gasteiger partial charge on any atom is 0.406 e. The fraction of sp³-hybridized carbons (Fsp3) is 0.833. The van der Waals surface area contributed by atoms with Crippen molar-refractivity contribution in [3.05, 3.63) is 0 Å². The lowest BCUT2D eigenvalue weighted by atomic mass is 9.96. The summed E-state index contributed by atoms with van der Waals surface area (Å²) in [7, 11) is 0. The molecule has 0 radical (unpaired) electrons. The molecule has 2 amide bonds. The number of rotatable bonds is 3. The number of alkyl halides is 3. The minimum Gasteiger partial charge on any atom is -0.342 e. The van der Waals surface area contributed by atoms with Crippen LogP contribution in [0.4, 0.5) is 13.2 Å². The van der Waals surface area contributed by atoms with Gasteiger partial charge in [-0.25, -0.2) is 0 Å². The van der Waals surface area contributed by atoms with Crippen molar-refractivity contribution in [1.29, 1.82) is 0 Å². The fourth-order valence-electron chi connectivity index (χ4n) is 2.46. The predicted octanol–water partition coefficient (Wildman–Crippen LogP) is 1.31. The number of hydrogen-bond acceptors (Lipinski definition) is 2. The highest BCUT2D eigenvalue weighted by Crippen LogP contribution is 2.38. The summed E-state index contributed by atoms with van der Waals surface area (Å²) < 4.78 is 37.8. The Balaban J connectivity index is 2.24. The Morgan fingerprint density at radius 3 is 2.32 bits per heavy atom. The zero-order valence-electron chi connectivity index (χ0n) is 10.8. The van der Waals surface area contributed by atoms with Crippen LogP contribution < -0.4 is 5.32 Å². The van der Waals surface area contributed by atoms with Crippen LogP contribution >= 0.6 is 0 Å². The zero-order chi connectivity index (χ0) is 14.4. The fourth-order valence-corrected chi connectivity index (χ4v) is 2.46. The van der Waals surface area contributed by atoms with Gasteiger partial charge in [-0.3, -0.25) is 9.59 Å². The van der Waals surface area contributed by atoms with Crippen molar-refractivity contribution in [2.45, 2.75) is 44.9 Å². The van der Waals surface area contributed by atoms with E-state index in [-0.39, 0.29) is 11.8 Å². The first-order valence-electron chi connectivity index (χ1n) is 6.38. The van der Waals surface area contributed by atoms with Gasteiger partial charge in [0, 0.05) is 0 Å². The quantitative estimate of drug-likeness (QED) is 0.846. The van der Waals surface area contributed by atoms with Crippen LogP contribution in [0.5, 0.6) is 0 Å². The summed E-state index contributed by atoms with van der Waals surface area (Å²) in [6, 6.07) is -1.81. The number of nitrogens with one attached hydrogen (secondary N) is 1. The van der Waals surface area contributed by atoms with Gasteiger partial charge >= 0.3 is 6.18 Å². The van der Waals surface area contributed by atoms with E-state index in [2.05, 4.69) is 5.32 Å². The summed E-state index contributed by atoms with van der Waals surface area (Å²) in [5, 5.41) is 2.56. The molecule has 2 aliphatic rings. The highest BCUT2D eigenvalue weighted by molar-refractivity contribution is 5.97. The molecular formula is C12H17F3N2O2. The van der Waals surface area contributed by atoms with Crippen LogP contribution in [0.15, 0.2) is 0 Å². The molecule has 1 saturated carbocycles. The molecule has 2 rings (SSSR count). The third kappa shape index (κ3) is 3.01. The van der Waals surface area contributed by atoms with Crippen molar-refractivity contribution in [3.63, 3.8) is 0 Å². The first-order chi connectivity index (χ1) is 8.70. The number of carbonyl (C=O) groups is 2. The molecule has 108 valence electrons. The topological polar surface area (TPSA) is 49.4 Å². The molecule has 0 aromatic carbocycles. The molecule has 19 heavy (non-hydrogen) atoms. The van der Waals surface area contributed by atoms with Crippen LogP contribution in [0.2, 0.25) is 0 Å². The molecule has 1 aliphatic carbocycles. The molecule has 2 atom stereocenters. The average molecular weight is 278 g/mol. The Morgan fingerprint density at radius 1 is 1.32 bits per heavy atom. The highest BCUT2D eigenvalue weighted by atomic mass is 19.4. The van der Waals surface area contributed by atoms with Crippen LogP contribution in [0, 0.1) is 11.8 Å². The van der Waals surface area contributed by atoms with Crippen LogP contribution in [0.3, 0.4) is 0 Å². The molecule has 1 N–H and O–H groups in total. The lowest BCUT2D eigenvalue weighted by Crippen LogP contribution is -2.66. The summed E-state index contributed by atoms with van der Waals surface area (Å²) in [5.41, 5.74) is 0. The first kappa shape index (κ1) is 14.1. The maximum absolute atomic E-state index is 12.6. The van der Waals surface area contributed by atoms with E-state index < -0.39 is 36.6 Å². The molecule has 1 saturated heterocycles. The third-order valence-electron chi connectivity index (χ3n) is 3.54. The molecule has 0 spiro atoms. The minimum atomic E-state index is -4.48. The molecule has 2 fully saturated rings. The Labute approximate surface area is 109 Å². The molecule has 0 bridgehead atoms. The van der Waals surface area contributed by atoms with Gasteiger partial charge in [0.15, 0.2) is 0 Å². The Kier molecular flexibility index (Phi) is 3.49.